The first-order valence-corrected chi connectivity index (χ1v) is 7.78. The number of carbonyl (C=O) groups is 2. The summed E-state index contributed by atoms with van der Waals surface area (Å²) in [6.07, 6.45) is -0.364. The van der Waals surface area contributed by atoms with E-state index in [1.807, 2.05) is 60.7 Å². The lowest BCUT2D eigenvalue weighted by atomic mass is 10.0. The van der Waals surface area contributed by atoms with Gasteiger partial charge < -0.3 is 15.0 Å². The van der Waals surface area contributed by atoms with Crippen molar-refractivity contribution in [2.75, 3.05) is 14.1 Å². The molecule has 0 saturated heterocycles. The van der Waals surface area contributed by atoms with Crippen LogP contribution in [0.25, 0.3) is 0 Å². The van der Waals surface area contributed by atoms with E-state index in [9.17, 15) is 9.59 Å². The molecule has 0 bridgehead atoms. The Bertz CT molecular complexity index is 657. The van der Waals surface area contributed by atoms with Crippen molar-refractivity contribution in [1.82, 2.24) is 10.2 Å². The van der Waals surface area contributed by atoms with E-state index < -0.39 is 12.1 Å². The van der Waals surface area contributed by atoms with Crippen LogP contribution in [0.3, 0.4) is 0 Å². The zero-order valence-corrected chi connectivity index (χ0v) is 13.9. The lowest BCUT2D eigenvalue weighted by Gasteiger charge is -2.20. The molecule has 24 heavy (non-hydrogen) atoms. The van der Waals surface area contributed by atoms with Crippen LogP contribution in [-0.2, 0) is 16.1 Å². The summed E-state index contributed by atoms with van der Waals surface area (Å²) < 4.78 is 5.25. The highest BCUT2D eigenvalue weighted by molar-refractivity contribution is 5.77. The Hall–Kier alpha value is -2.82. The van der Waals surface area contributed by atoms with Crippen molar-refractivity contribution >= 4 is 12.0 Å². The highest BCUT2D eigenvalue weighted by Crippen LogP contribution is 2.17. The van der Waals surface area contributed by atoms with Crippen LogP contribution in [0.1, 0.15) is 23.6 Å². The minimum absolute atomic E-state index is 0.0628. The Morgan fingerprint density at radius 2 is 1.58 bits per heavy atom. The molecule has 2 aromatic carbocycles. The average molecular weight is 326 g/mol. The summed E-state index contributed by atoms with van der Waals surface area (Å²) in [7, 11) is 3.39. The fraction of sp³-hybridized carbons (Fsp3) is 0.263. The quantitative estimate of drug-likeness (QED) is 0.887. The molecular formula is C19H22N2O3. The standard InChI is InChI=1S/C19H22N2O3/c1-21(2)18(22)13-17(16-11-7-4-8-12-16)20-19(23)24-14-15-9-5-3-6-10-15/h3-12,17H,13-14H2,1-2H3,(H,20,23)/t17-/m1/s1. The van der Waals surface area contributed by atoms with Crippen molar-refractivity contribution in [3.05, 3.63) is 71.8 Å². The Balaban J connectivity index is 1.99. The Labute approximate surface area is 142 Å². The fourth-order valence-electron chi connectivity index (χ4n) is 2.20. The van der Waals surface area contributed by atoms with Crippen LogP contribution >= 0.6 is 0 Å². The molecule has 2 amide bonds. The third kappa shape index (κ3) is 5.43. The van der Waals surface area contributed by atoms with Gasteiger partial charge in [0.15, 0.2) is 0 Å². The topological polar surface area (TPSA) is 58.6 Å². The van der Waals surface area contributed by atoms with Crippen molar-refractivity contribution in [2.24, 2.45) is 0 Å². The van der Waals surface area contributed by atoms with Crippen molar-refractivity contribution < 1.29 is 14.3 Å². The molecular weight excluding hydrogens is 304 g/mol. The third-order valence-corrected chi connectivity index (χ3v) is 3.58. The molecule has 0 saturated carbocycles. The van der Waals surface area contributed by atoms with Crippen LogP contribution in [0.5, 0.6) is 0 Å². The maximum absolute atomic E-state index is 12.1. The Kier molecular flexibility index (Phi) is 6.37. The van der Waals surface area contributed by atoms with E-state index in [0.717, 1.165) is 11.1 Å². The molecule has 0 aromatic heterocycles. The van der Waals surface area contributed by atoms with Gasteiger partial charge in [-0.1, -0.05) is 60.7 Å². The minimum Gasteiger partial charge on any atom is -0.445 e. The normalized spacial score (nSPS) is 11.4. The Morgan fingerprint density at radius 3 is 2.17 bits per heavy atom. The lowest BCUT2D eigenvalue weighted by Crippen LogP contribution is -2.33. The number of hydrogen-bond donors (Lipinski definition) is 1. The number of nitrogens with one attached hydrogen (secondary N) is 1. The van der Waals surface area contributed by atoms with Gasteiger partial charge in [0.25, 0.3) is 0 Å². The number of rotatable bonds is 6. The van der Waals surface area contributed by atoms with Crippen molar-refractivity contribution in [2.45, 2.75) is 19.1 Å². The Morgan fingerprint density at radius 1 is 1.00 bits per heavy atom. The number of ether oxygens (including phenoxy) is 1. The average Bonchev–Trinajstić information content (AvgIpc) is 2.61. The largest absolute Gasteiger partial charge is 0.445 e. The highest BCUT2D eigenvalue weighted by atomic mass is 16.5. The summed E-state index contributed by atoms with van der Waals surface area (Å²) in [4.78, 5) is 25.6. The molecule has 126 valence electrons. The molecule has 0 radical (unpaired) electrons. The van der Waals surface area contributed by atoms with E-state index in [2.05, 4.69) is 5.32 Å². The summed E-state index contributed by atoms with van der Waals surface area (Å²) in [6.45, 7) is 0.190. The molecule has 0 aliphatic carbocycles. The number of carbonyl (C=O) groups excluding carboxylic acids is 2. The molecule has 5 nitrogen and oxygen atoms in total. The first-order valence-electron chi connectivity index (χ1n) is 7.78. The van der Waals surface area contributed by atoms with Gasteiger partial charge in [0, 0.05) is 14.1 Å². The molecule has 0 aliphatic heterocycles. The monoisotopic (exact) mass is 326 g/mol. The van der Waals surface area contributed by atoms with Crippen LogP contribution in [0, 0.1) is 0 Å². The molecule has 0 unspecified atom stereocenters. The van der Waals surface area contributed by atoms with Gasteiger partial charge in [0.05, 0.1) is 12.5 Å². The van der Waals surface area contributed by atoms with E-state index in [4.69, 9.17) is 4.74 Å². The van der Waals surface area contributed by atoms with Gasteiger partial charge in [-0.25, -0.2) is 4.79 Å². The fourth-order valence-corrected chi connectivity index (χ4v) is 2.20. The number of hydrogen-bond acceptors (Lipinski definition) is 3. The van der Waals surface area contributed by atoms with Crippen molar-refractivity contribution in [1.29, 1.82) is 0 Å². The van der Waals surface area contributed by atoms with Gasteiger partial charge in [-0.3, -0.25) is 4.79 Å². The van der Waals surface area contributed by atoms with Gasteiger partial charge in [0.1, 0.15) is 6.61 Å². The van der Waals surface area contributed by atoms with E-state index in [1.165, 1.54) is 4.90 Å². The summed E-state index contributed by atoms with van der Waals surface area (Å²) in [6, 6.07) is 18.4. The molecule has 5 heteroatoms. The number of alkyl carbamates (subject to hydrolysis) is 1. The zero-order valence-electron chi connectivity index (χ0n) is 13.9. The molecule has 2 rings (SSSR count). The van der Waals surface area contributed by atoms with Crippen molar-refractivity contribution in [3.63, 3.8) is 0 Å². The van der Waals surface area contributed by atoms with Crippen LogP contribution < -0.4 is 5.32 Å². The second kappa shape index (κ2) is 8.72. The predicted octanol–water partition coefficient (Wildman–Crippen LogP) is 3.13. The molecule has 1 N–H and O–H groups in total. The summed E-state index contributed by atoms with van der Waals surface area (Å²) in [5.74, 6) is -0.0628. The van der Waals surface area contributed by atoms with Crippen LogP contribution in [0.15, 0.2) is 60.7 Å². The van der Waals surface area contributed by atoms with Gasteiger partial charge in [0.2, 0.25) is 5.91 Å². The van der Waals surface area contributed by atoms with Crippen molar-refractivity contribution in [3.8, 4) is 0 Å². The summed E-state index contributed by atoms with van der Waals surface area (Å²) in [5, 5.41) is 2.78. The zero-order chi connectivity index (χ0) is 17.4. The molecule has 2 aromatic rings. The molecule has 0 heterocycles. The minimum atomic E-state index is -0.542. The van der Waals surface area contributed by atoms with Crippen LogP contribution in [0.4, 0.5) is 4.79 Å². The first-order chi connectivity index (χ1) is 11.6. The molecule has 0 fully saturated rings. The molecule has 0 aliphatic rings. The lowest BCUT2D eigenvalue weighted by molar-refractivity contribution is -0.129. The van der Waals surface area contributed by atoms with Gasteiger partial charge in [-0.15, -0.1) is 0 Å². The maximum Gasteiger partial charge on any atom is 0.407 e. The van der Waals surface area contributed by atoms with Crippen LogP contribution in [-0.4, -0.2) is 31.0 Å². The SMILES string of the molecule is CN(C)C(=O)C[C@@H](NC(=O)OCc1ccccc1)c1ccccc1. The first kappa shape index (κ1) is 17.5. The number of nitrogens with zero attached hydrogens (tertiary/aromatic N) is 1. The van der Waals surface area contributed by atoms with E-state index in [0.29, 0.717) is 0 Å². The summed E-state index contributed by atoms with van der Waals surface area (Å²) in [5.41, 5.74) is 1.78. The molecule has 0 spiro atoms. The number of benzene rings is 2. The van der Waals surface area contributed by atoms with E-state index in [-0.39, 0.29) is 18.9 Å². The second-order valence-electron chi connectivity index (χ2n) is 5.66. The van der Waals surface area contributed by atoms with Gasteiger partial charge in [-0.2, -0.15) is 0 Å². The van der Waals surface area contributed by atoms with Gasteiger partial charge >= 0.3 is 6.09 Å². The summed E-state index contributed by atoms with van der Waals surface area (Å²) >= 11 is 0. The predicted molar refractivity (Wildman–Crippen MR) is 92.3 cm³/mol. The second-order valence-corrected chi connectivity index (χ2v) is 5.66. The van der Waals surface area contributed by atoms with Crippen LogP contribution in [0.2, 0.25) is 0 Å². The highest BCUT2D eigenvalue weighted by Gasteiger charge is 2.20. The molecule has 1 atom stereocenters. The maximum atomic E-state index is 12.1. The third-order valence-electron chi connectivity index (χ3n) is 3.58. The van der Waals surface area contributed by atoms with E-state index in [1.54, 1.807) is 14.1 Å². The number of amides is 2. The smallest absolute Gasteiger partial charge is 0.407 e. The van der Waals surface area contributed by atoms with E-state index >= 15 is 0 Å². The van der Waals surface area contributed by atoms with Gasteiger partial charge in [-0.05, 0) is 11.1 Å².